The van der Waals surface area contributed by atoms with Crippen molar-refractivity contribution in [2.45, 2.75) is 34.6 Å². The van der Waals surface area contributed by atoms with E-state index < -0.39 is 27.1 Å². The van der Waals surface area contributed by atoms with Gasteiger partial charge in [0.25, 0.3) is 0 Å². The molecule has 0 amide bonds. The van der Waals surface area contributed by atoms with Crippen LogP contribution in [0.4, 0.5) is 0 Å². The first-order chi connectivity index (χ1) is 18.1. The van der Waals surface area contributed by atoms with Crippen LogP contribution in [0.5, 0.6) is 0 Å². The summed E-state index contributed by atoms with van der Waals surface area (Å²) in [6.45, 7) is 3.56. The van der Waals surface area contributed by atoms with E-state index in [0.717, 1.165) is 22.3 Å². The molecule has 0 aliphatic carbocycles. The molecule has 5 heteroatoms. The summed E-state index contributed by atoms with van der Waals surface area (Å²) in [5, 5.41) is 0. The number of rotatable bonds is 10. The molecule has 0 aromatic heterocycles. The van der Waals surface area contributed by atoms with Crippen LogP contribution in [0.15, 0.2) is 121 Å². The first-order valence-electron chi connectivity index (χ1n) is 12.7. The van der Waals surface area contributed by atoms with E-state index in [1.54, 1.807) is 13.8 Å². The van der Waals surface area contributed by atoms with Crippen LogP contribution in [0, 0.1) is 0 Å². The van der Waals surface area contributed by atoms with Gasteiger partial charge in [-0.25, -0.2) is 0 Å². The molecule has 4 aromatic carbocycles. The molecule has 0 aliphatic rings. The van der Waals surface area contributed by atoms with Crippen LogP contribution in [-0.2, 0) is 15.7 Å². The van der Waals surface area contributed by atoms with Crippen LogP contribution in [0.3, 0.4) is 0 Å². The molecule has 37 heavy (non-hydrogen) atoms. The summed E-state index contributed by atoms with van der Waals surface area (Å²) < 4.78 is 12.5. The summed E-state index contributed by atoms with van der Waals surface area (Å²) in [4.78, 5) is 26.5. The molecule has 0 radical (unpaired) electrons. The van der Waals surface area contributed by atoms with Gasteiger partial charge in [0.15, 0.2) is 0 Å². The second-order valence-corrected chi connectivity index (χ2v) is 17.5. The number of carbonyl (C=O) groups excluding carboxylic acids is 2. The van der Waals surface area contributed by atoms with Gasteiger partial charge in [0, 0.05) is 0 Å². The minimum absolute atomic E-state index is 0.189. The molecule has 0 heterocycles. The van der Waals surface area contributed by atoms with Gasteiger partial charge < -0.3 is 0 Å². The standard InChI is InChI=1S/2C13H11.2C3H6O2.Sn/c2*1-3-7-12(8-4-1)11-13-9-5-2-6-10-13;2*1-2-3(4)5;/h2*1-11H;2*2H2,1H3,(H,4,5);/q;;;;+2/p-2. The Morgan fingerprint density at radius 3 is 0.973 bits per heavy atom. The van der Waals surface area contributed by atoms with Crippen LogP contribution in [0.2, 0.25) is 0 Å². The Hall–Kier alpha value is -3.38. The quantitative estimate of drug-likeness (QED) is 0.183. The summed E-state index contributed by atoms with van der Waals surface area (Å²) >= 11 is -5.00. The van der Waals surface area contributed by atoms with Gasteiger partial charge in [-0.2, -0.15) is 0 Å². The average Bonchev–Trinajstić information content (AvgIpc) is 2.95. The number of hydrogen-bond acceptors (Lipinski definition) is 4. The number of benzene rings is 4. The molecule has 4 aromatic rings. The normalized spacial score (nSPS) is 11.4. The Morgan fingerprint density at radius 1 is 0.514 bits per heavy atom. The molecular weight excluding hydrogens is 567 g/mol. The van der Waals surface area contributed by atoms with Gasteiger partial charge in [-0.05, 0) is 0 Å². The van der Waals surface area contributed by atoms with Crippen LogP contribution >= 0.6 is 0 Å². The zero-order chi connectivity index (χ0) is 26.1. The summed E-state index contributed by atoms with van der Waals surface area (Å²) in [6, 6.07) is 40.0. The molecule has 188 valence electrons. The van der Waals surface area contributed by atoms with Crippen LogP contribution < -0.4 is 0 Å². The predicted octanol–water partition coefficient (Wildman–Crippen LogP) is 7.08. The van der Waals surface area contributed by atoms with Gasteiger partial charge in [0.2, 0.25) is 0 Å². The molecule has 0 atom stereocenters. The van der Waals surface area contributed by atoms with E-state index in [4.69, 9.17) is 6.15 Å². The second-order valence-electron chi connectivity index (χ2n) is 8.89. The third-order valence-corrected chi connectivity index (χ3v) is 18.0. The zero-order valence-corrected chi connectivity index (χ0v) is 24.1. The van der Waals surface area contributed by atoms with Gasteiger partial charge >= 0.3 is 225 Å². The third-order valence-electron chi connectivity index (χ3n) is 6.46. The van der Waals surface area contributed by atoms with Crippen molar-refractivity contribution in [2.24, 2.45) is 0 Å². The second kappa shape index (κ2) is 12.7. The van der Waals surface area contributed by atoms with E-state index >= 15 is 0 Å². The van der Waals surface area contributed by atoms with Gasteiger partial charge in [0.05, 0.1) is 0 Å². The van der Waals surface area contributed by atoms with E-state index in [1.165, 1.54) is 0 Å². The van der Waals surface area contributed by atoms with Crippen molar-refractivity contribution in [2.75, 3.05) is 0 Å². The minimum atomic E-state index is -5.00. The maximum atomic E-state index is 13.3. The van der Waals surface area contributed by atoms with E-state index in [1.807, 2.05) is 121 Å². The van der Waals surface area contributed by atoms with Crippen molar-refractivity contribution in [1.82, 2.24) is 0 Å². The topological polar surface area (TPSA) is 52.6 Å². The van der Waals surface area contributed by atoms with Gasteiger partial charge in [-0.1, -0.05) is 0 Å². The Morgan fingerprint density at radius 2 is 0.757 bits per heavy atom. The molecule has 0 saturated carbocycles. The summed E-state index contributed by atoms with van der Waals surface area (Å²) in [6.07, 6.45) is 0.379. The van der Waals surface area contributed by atoms with Gasteiger partial charge in [0.1, 0.15) is 0 Å². The molecule has 0 N–H and O–H groups in total. The van der Waals surface area contributed by atoms with Crippen LogP contribution in [0.25, 0.3) is 0 Å². The Bertz CT molecular complexity index is 1100. The first kappa shape index (κ1) is 26.7. The predicted molar refractivity (Wildman–Crippen MR) is 148 cm³/mol. The fourth-order valence-corrected chi connectivity index (χ4v) is 17.6. The maximum absolute atomic E-state index is 13.3. The summed E-state index contributed by atoms with van der Waals surface area (Å²) in [5.41, 5.74) is 3.87. The van der Waals surface area contributed by atoms with Crippen molar-refractivity contribution in [1.29, 1.82) is 0 Å². The summed E-state index contributed by atoms with van der Waals surface area (Å²) in [5.74, 6) is -0.707. The zero-order valence-electron chi connectivity index (χ0n) is 21.2. The van der Waals surface area contributed by atoms with E-state index in [2.05, 4.69) is 0 Å². The van der Waals surface area contributed by atoms with Gasteiger partial charge in [-0.3, -0.25) is 0 Å². The molecule has 4 nitrogen and oxygen atoms in total. The van der Waals surface area contributed by atoms with Crippen molar-refractivity contribution >= 4 is 31.1 Å². The Balaban J connectivity index is 2.11. The van der Waals surface area contributed by atoms with E-state index in [9.17, 15) is 9.59 Å². The van der Waals surface area contributed by atoms with Gasteiger partial charge in [-0.15, -0.1) is 0 Å². The number of hydrogen-bond donors (Lipinski definition) is 0. The number of carbonyl (C=O) groups is 2. The summed E-state index contributed by atoms with van der Waals surface area (Å²) in [7, 11) is 0. The van der Waals surface area contributed by atoms with Crippen molar-refractivity contribution in [3.05, 3.63) is 144 Å². The monoisotopic (exact) mass is 600 g/mol. The molecule has 0 unspecified atom stereocenters. The fourth-order valence-electron chi connectivity index (χ4n) is 4.82. The van der Waals surface area contributed by atoms with E-state index in [0.29, 0.717) is 0 Å². The molecule has 0 aliphatic heterocycles. The van der Waals surface area contributed by atoms with Crippen molar-refractivity contribution in [3.8, 4) is 0 Å². The molecule has 0 saturated heterocycles. The molecule has 0 fully saturated rings. The Kier molecular flexibility index (Phi) is 9.18. The van der Waals surface area contributed by atoms with Crippen LogP contribution in [-0.4, -0.2) is 31.1 Å². The third kappa shape index (κ3) is 6.13. The molecular formula is C32H32O4Sn. The molecule has 4 rings (SSSR count). The van der Waals surface area contributed by atoms with E-state index in [-0.39, 0.29) is 24.8 Å². The SMILES string of the molecule is CCC(=O)[O][Sn]([O]C(=O)CC)([CH](c1ccccc1)c1ccccc1)[CH](c1ccccc1)c1ccccc1. The van der Waals surface area contributed by atoms with Crippen molar-refractivity contribution < 1.29 is 15.7 Å². The fraction of sp³-hybridized carbons (Fsp3) is 0.188. The van der Waals surface area contributed by atoms with Crippen molar-refractivity contribution in [3.63, 3.8) is 0 Å². The molecule has 0 bridgehead atoms. The average molecular weight is 599 g/mol. The van der Waals surface area contributed by atoms with Crippen LogP contribution in [0.1, 0.15) is 56.8 Å². The first-order valence-corrected chi connectivity index (χ1v) is 18.3. The Labute approximate surface area is 224 Å². The molecule has 0 spiro atoms.